The summed E-state index contributed by atoms with van der Waals surface area (Å²) < 4.78 is 0. The molecule has 4 aliphatic carbocycles. The number of nitrogens with zero attached hydrogens (tertiary/aromatic N) is 2. The van der Waals surface area contributed by atoms with Gasteiger partial charge in [0, 0.05) is 49.6 Å². The minimum atomic E-state index is -0.865. The Bertz CT molecular complexity index is 987. The maximum absolute atomic E-state index is 13.3. The van der Waals surface area contributed by atoms with E-state index in [0.717, 1.165) is 30.4 Å². The standard InChI is InChI=1S/C28H37N3O4/c32-24(6-3-7-25(33)34)31-17-28(22-4-1-2-5-23(22)31)8-10-30(11-9-28)27(35)29-26-20-13-18-12-19(15-20)16-21(26)14-18/h1-2,4-5,18-21,26H,3,6-17H2,(H,29,35)(H,33,34). The molecule has 7 rings (SSSR count). The van der Waals surface area contributed by atoms with E-state index in [1.54, 1.807) is 0 Å². The lowest BCUT2D eigenvalue weighted by atomic mass is 9.54. The Morgan fingerprint density at radius 3 is 2.26 bits per heavy atom. The number of likely N-dealkylation sites (tertiary alicyclic amines) is 1. The minimum absolute atomic E-state index is 0.00219. The van der Waals surface area contributed by atoms with E-state index in [1.165, 1.54) is 37.7 Å². The number of hydrogen-bond donors (Lipinski definition) is 2. The number of urea groups is 1. The van der Waals surface area contributed by atoms with Gasteiger partial charge in [0.25, 0.3) is 0 Å². The molecule has 3 amide bonds. The van der Waals surface area contributed by atoms with E-state index in [-0.39, 0.29) is 30.2 Å². The predicted octanol–water partition coefficient (Wildman–Crippen LogP) is 4.16. The highest BCUT2D eigenvalue weighted by Crippen LogP contribution is 2.54. The van der Waals surface area contributed by atoms with Crippen LogP contribution in [0.25, 0.3) is 0 Å². The molecule has 1 spiro atoms. The van der Waals surface area contributed by atoms with Crippen LogP contribution in [0.4, 0.5) is 10.5 Å². The highest BCUT2D eigenvalue weighted by Gasteiger charge is 2.50. The van der Waals surface area contributed by atoms with E-state index in [0.29, 0.717) is 43.9 Å². The molecule has 7 nitrogen and oxygen atoms in total. The molecule has 2 N–H and O–H groups in total. The molecule has 1 aromatic carbocycles. The fourth-order valence-electron chi connectivity index (χ4n) is 8.34. The second-order valence-corrected chi connectivity index (χ2v) is 11.9. The van der Waals surface area contributed by atoms with Gasteiger partial charge in [-0.25, -0.2) is 4.79 Å². The van der Waals surface area contributed by atoms with Crippen LogP contribution in [0.1, 0.15) is 69.8 Å². The van der Waals surface area contributed by atoms with Crippen molar-refractivity contribution in [2.45, 2.75) is 75.7 Å². The van der Waals surface area contributed by atoms with E-state index in [4.69, 9.17) is 5.11 Å². The number of carbonyl (C=O) groups excluding carboxylic acids is 2. The van der Waals surface area contributed by atoms with Crippen molar-refractivity contribution in [3.63, 3.8) is 0 Å². The number of carboxylic acids is 1. The minimum Gasteiger partial charge on any atom is -0.481 e. The van der Waals surface area contributed by atoms with Gasteiger partial charge in [-0.1, -0.05) is 18.2 Å². The monoisotopic (exact) mass is 479 g/mol. The number of para-hydroxylation sites is 1. The SMILES string of the molecule is O=C(O)CCCC(=O)N1CC2(CCN(C(=O)NC3C4CC5CC(C4)CC3C5)CC2)c2ccccc21. The van der Waals surface area contributed by atoms with Crippen molar-refractivity contribution in [1.82, 2.24) is 10.2 Å². The second-order valence-electron chi connectivity index (χ2n) is 11.9. The second kappa shape index (κ2) is 8.82. The van der Waals surface area contributed by atoms with Gasteiger partial charge in [0.1, 0.15) is 0 Å². The van der Waals surface area contributed by atoms with Crippen molar-refractivity contribution < 1.29 is 19.5 Å². The lowest BCUT2D eigenvalue weighted by Crippen LogP contribution is -2.59. The largest absolute Gasteiger partial charge is 0.481 e. The van der Waals surface area contributed by atoms with Crippen molar-refractivity contribution in [2.75, 3.05) is 24.5 Å². The van der Waals surface area contributed by atoms with E-state index in [9.17, 15) is 14.4 Å². The van der Waals surface area contributed by atoms with Crippen LogP contribution in [0.15, 0.2) is 24.3 Å². The Kier molecular flexibility index (Phi) is 5.76. The molecular formula is C28H37N3O4. The molecule has 0 aromatic heterocycles. The van der Waals surface area contributed by atoms with Gasteiger partial charge in [-0.05, 0) is 86.7 Å². The van der Waals surface area contributed by atoms with Crippen LogP contribution in [0.3, 0.4) is 0 Å². The molecule has 0 atom stereocenters. The molecule has 1 aromatic rings. The zero-order valence-corrected chi connectivity index (χ0v) is 20.5. The zero-order valence-electron chi connectivity index (χ0n) is 20.5. The Morgan fingerprint density at radius 1 is 0.943 bits per heavy atom. The predicted molar refractivity (Wildman–Crippen MR) is 132 cm³/mol. The maximum atomic E-state index is 13.3. The molecule has 2 heterocycles. The average molecular weight is 480 g/mol. The van der Waals surface area contributed by atoms with Gasteiger partial charge in [0.2, 0.25) is 5.91 Å². The zero-order chi connectivity index (χ0) is 24.2. The number of anilines is 1. The number of hydrogen-bond acceptors (Lipinski definition) is 3. The van der Waals surface area contributed by atoms with Gasteiger partial charge >= 0.3 is 12.0 Å². The molecule has 188 valence electrons. The van der Waals surface area contributed by atoms with Gasteiger partial charge in [-0.2, -0.15) is 0 Å². The van der Waals surface area contributed by atoms with Crippen LogP contribution in [-0.2, 0) is 15.0 Å². The van der Waals surface area contributed by atoms with Gasteiger partial charge in [-0.3, -0.25) is 9.59 Å². The molecule has 5 fully saturated rings. The Hall–Kier alpha value is -2.57. The summed E-state index contributed by atoms with van der Waals surface area (Å²) in [6.45, 7) is 2.03. The third-order valence-electron chi connectivity index (χ3n) is 9.83. The smallest absolute Gasteiger partial charge is 0.317 e. The lowest BCUT2D eigenvalue weighted by molar-refractivity contribution is -0.137. The van der Waals surface area contributed by atoms with Crippen molar-refractivity contribution in [3.8, 4) is 0 Å². The molecule has 0 radical (unpaired) electrons. The molecule has 0 unspecified atom stereocenters. The van der Waals surface area contributed by atoms with Gasteiger partial charge in [0.15, 0.2) is 0 Å². The third-order valence-corrected chi connectivity index (χ3v) is 9.83. The van der Waals surface area contributed by atoms with Crippen molar-refractivity contribution in [2.24, 2.45) is 23.7 Å². The number of amides is 3. The first-order valence-corrected chi connectivity index (χ1v) is 13.6. The number of carboxylic acid groups (broad SMARTS) is 1. The van der Waals surface area contributed by atoms with Crippen LogP contribution in [0, 0.1) is 23.7 Å². The molecule has 7 heteroatoms. The molecule has 1 saturated heterocycles. The van der Waals surface area contributed by atoms with Crippen LogP contribution < -0.4 is 10.2 Å². The van der Waals surface area contributed by atoms with Gasteiger partial charge in [0.05, 0.1) is 0 Å². The summed E-state index contributed by atoms with van der Waals surface area (Å²) in [6, 6.07) is 8.59. The maximum Gasteiger partial charge on any atom is 0.317 e. The topological polar surface area (TPSA) is 90.0 Å². The molecule has 2 aliphatic heterocycles. The van der Waals surface area contributed by atoms with Crippen LogP contribution in [0.5, 0.6) is 0 Å². The average Bonchev–Trinajstić information content (AvgIpc) is 3.15. The number of aliphatic carboxylic acids is 1. The first-order valence-electron chi connectivity index (χ1n) is 13.6. The summed E-state index contributed by atoms with van der Waals surface area (Å²) >= 11 is 0. The van der Waals surface area contributed by atoms with Crippen molar-refractivity contribution >= 4 is 23.6 Å². The number of benzene rings is 1. The van der Waals surface area contributed by atoms with Crippen LogP contribution >= 0.6 is 0 Å². The van der Waals surface area contributed by atoms with Crippen molar-refractivity contribution in [3.05, 3.63) is 29.8 Å². The Morgan fingerprint density at radius 2 is 1.60 bits per heavy atom. The summed E-state index contributed by atoms with van der Waals surface area (Å²) in [5.74, 6) is 2.28. The fourth-order valence-corrected chi connectivity index (χ4v) is 8.34. The number of carbonyl (C=O) groups is 3. The molecule has 4 bridgehead atoms. The lowest BCUT2D eigenvalue weighted by Gasteiger charge is -2.54. The third kappa shape index (κ3) is 4.11. The van der Waals surface area contributed by atoms with E-state index in [1.807, 2.05) is 28.0 Å². The van der Waals surface area contributed by atoms with Gasteiger partial charge in [-0.15, -0.1) is 0 Å². The highest BCUT2D eigenvalue weighted by atomic mass is 16.4. The number of rotatable bonds is 5. The van der Waals surface area contributed by atoms with E-state index in [2.05, 4.69) is 11.4 Å². The summed E-state index contributed by atoms with van der Waals surface area (Å²) in [7, 11) is 0. The molecule has 4 saturated carbocycles. The number of piperidine rings is 1. The summed E-state index contributed by atoms with van der Waals surface area (Å²) in [5, 5.41) is 12.4. The van der Waals surface area contributed by atoms with Crippen molar-refractivity contribution in [1.29, 1.82) is 0 Å². The van der Waals surface area contributed by atoms with Crippen LogP contribution in [-0.4, -0.2) is 53.6 Å². The molecular weight excluding hydrogens is 442 g/mol. The Balaban J connectivity index is 1.09. The van der Waals surface area contributed by atoms with E-state index < -0.39 is 5.97 Å². The highest BCUT2D eigenvalue weighted by molar-refractivity contribution is 5.96. The quantitative estimate of drug-likeness (QED) is 0.664. The Labute approximate surface area is 207 Å². The number of fused-ring (bicyclic) bond motifs is 2. The van der Waals surface area contributed by atoms with Crippen LogP contribution in [0.2, 0.25) is 0 Å². The van der Waals surface area contributed by atoms with E-state index >= 15 is 0 Å². The fraction of sp³-hybridized carbons (Fsp3) is 0.679. The first-order chi connectivity index (χ1) is 16.9. The first kappa shape index (κ1) is 22.9. The summed E-state index contributed by atoms with van der Waals surface area (Å²) in [5.41, 5.74) is 2.03. The normalized spacial score (nSPS) is 32.1. The molecule has 6 aliphatic rings. The summed E-state index contributed by atoms with van der Waals surface area (Å²) in [4.78, 5) is 41.0. The summed E-state index contributed by atoms with van der Waals surface area (Å²) in [6.07, 6.45) is 8.93. The number of nitrogens with one attached hydrogen (secondary N) is 1. The van der Waals surface area contributed by atoms with Gasteiger partial charge < -0.3 is 20.2 Å². The molecule has 35 heavy (non-hydrogen) atoms.